The van der Waals surface area contributed by atoms with Crippen molar-refractivity contribution in [2.24, 2.45) is 0 Å². The van der Waals surface area contributed by atoms with Crippen LogP contribution in [0, 0.1) is 0 Å². The van der Waals surface area contributed by atoms with Crippen molar-refractivity contribution < 1.29 is 14.0 Å². The number of ketones is 1. The van der Waals surface area contributed by atoms with Gasteiger partial charge >= 0.3 is 0 Å². The highest BCUT2D eigenvalue weighted by Gasteiger charge is 2.10. The summed E-state index contributed by atoms with van der Waals surface area (Å²) in [5, 5.41) is 3.47. The summed E-state index contributed by atoms with van der Waals surface area (Å²) in [7, 11) is 0. The van der Waals surface area contributed by atoms with Crippen LogP contribution < -0.4 is 5.32 Å². The molecule has 1 amide bonds. The van der Waals surface area contributed by atoms with Gasteiger partial charge in [0.2, 0.25) is 5.91 Å². The zero-order valence-electron chi connectivity index (χ0n) is 15.0. The summed E-state index contributed by atoms with van der Waals surface area (Å²) in [6.07, 6.45) is 3.08. The van der Waals surface area contributed by atoms with E-state index in [1.807, 2.05) is 30.3 Å². The minimum Gasteiger partial charge on any atom is -0.454 e. The van der Waals surface area contributed by atoms with Gasteiger partial charge in [-0.05, 0) is 48.6 Å². The lowest BCUT2D eigenvalue weighted by molar-refractivity contribution is -0.114. The number of furan rings is 1. The van der Waals surface area contributed by atoms with Crippen LogP contribution in [0.3, 0.4) is 0 Å². The first kappa shape index (κ1) is 17.9. The molecule has 2 aromatic heterocycles. The van der Waals surface area contributed by atoms with E-state index in [0.29, 0.717) is 22.8 Å². The molecule has 0 fully saturated rings. The zero-order chi connectivity index (χ0) is 19.5. The fraction of sp³-hybridized carbons (Fsp3) is 0.0455. The Bertz CT molecular complexity index is 1170. The molecule has 28 heavy (non-hydrogen) atoms. The predicted octanol–water partition coefficient (Wildman–Crippen LogP) is 5.41. The number of nitrogens with zero attached hydrogens (tertiary/aromatic N) is 1. The summed E-state index contributed by atoms with van der Waals surface area (Å²) in [5.74, 6) is 0.879. The molecule has 0 radical (unpaired) electrons. The third kappa shape index (κ3) is 3.92. The minimum atomic E-state index is -0.182. The molecular weight excluding hydrogens is 372 g/mol. The van der Waals surface area contributed by atoms with Gasteiger partial charge in [-0.3, -0.25) is 9.59 Å². The fourth-order valence-corrected chi connectivity index (χ4v) is 3.67. The lowest BCUT2D eigenvalue weighted by Gasteiger charge is -2.03. The normalized spacial score (nSPS) is 11.2. The number of aromatic nitrogens is 1. The van der Waals surface area contributed by atoms with Crippen LogP contribution in [0.2, 0.25) is 0 Å². The van der Waals surface area contributed by atoms with Gasteiger partial charge in [0.25, 0.3) is 0 Å². The predicted molar refractivity (Wildman–Crippen MR) is 111 cm³/mol. The first-order valence-electron chi connectivity index (χ1n) is 8.64. The number of carbonyl (C=O) groups excluding carboxylic acids is 2. The first-order chi connectivity index (χ1) is 13.6. The van der Waals surface area contributed by atoms with E-state index in [1.165, 1.54) is 13.0 Å². The molecule has 6 heteroatoms. The summed E-state index contributed by atoms with van der Waals surface area (Å²) in [6, 6.07) is 18.4. The lowest BCUT2D eigenvalue weighted by atomic mass is 10.1. The SMILES string of the molecule is CC(=O)Nc1cccc(C(=O)/C=C/c2ccc(-c3nc4ccccc4s3)o2)c1. The van der Waals surface area contributed by atoms with Gasteiger partial charge in [-0.25, -0.2) is 4.98 Å². The number of nitrogens with one attached hydrogen (secondary N) is 1. The number of para-hydroxylation sites is 1. The quantitative estimate of drug-likeness (QED) is 0.366. The summed E-state index contributed by atoms with van der Waals surface area (Å²) in [6.45, 7) is 1.42. The van der Waals surface area contributed by atoms with Gasteiger partial charge in [0.05, 0.1) is 10.2 Å². The van der Waals surface area contributed by atoms with Crippen LogP contribution in [0.15, 0.2) is 71.2 Å². The minimum absolute atomic E-state index is 0.176. The van der Waals surface area contributed by atoms with Crippen LogP contribution in [-0.4, -0.2) is 16.7 Å². The van der Waals surface area contributed by atoms with Gasteiger partial charge in [0, 0.05) is 18.2 Å². The number of amides is 1. The smallest absolute Gasteiger partial charge is 0.221 e. The van der Waals surface area contributed by atoms with Crippen molar-refractivity contribution in [3.05, 3.63) is 78.1 Å². The van der Waals surface area contributed by atoms with Crippen molar-refractivity contribution in [2.45, 2.75) is 6.92 Å². The molecule has 0 saturated carbocycles. The number of allylic oxidation sites excluding steroid dienone is 1. The van der Waals surface area contributed by atoms with E-state index in [9.17, 15) is 9.59 Å². The summed E-state index contributed by atoms with van der Waals surface area (Å²) in [5.41, 5.74) is 2.01. The molecule has 0 bridgehead atoms. The molecule has 1 N–H and O–H groups in total. The van der Waals surface area contributed by atoms with E-state index in [2.05, 4.69) is 10.3 Å². The van der Waals surface area contributed by atoms with E-state index >= 15 is 0 Å². The maximum absolute atomic E-state index is 12.4. The third-order valence-corrected chi connectivity index (χ3v) is 5.05. The van der Waals surface area contributed by atoms with E-state index in [4.69, 9.17) is 4.42 Å². The van der Waals surface area contributed by atoms with Crippen LogP contribution in [0.1, 0.15) is 23.0 Å². The molecule has 0 atom stereocenters. The van der Waals surface area contributed by atoms with Gasteiger partial charge < -0.3 is 9.73 Å². The second-order valence-corrected chi connectivity index (χ2v) is 7.18. The Labute approximate surface area is 165 Å². The molecule has 5 nitrogen and oxygen atoms in total. The molecule has 0 spiro atoms. The van der Waals surface area contributed by atoms with Crippen LogP contribution >= 0.6 is 11.3 Å². The molecule has 0 aliphatic carbocycles. The van der Waals surface area contributed by atoms with E-state index in [1.54, 1.807) is 47.7 Å². The van der Waals surface area contributed by atoms with Gasteiger partial charge in [0.15, 0.2) is 16.6 Å². The molecular formula is C22H16N2O3S. The number of anilines is 1. The van der Waals surface area contributed by atoms with E-state index < -0.39 is 0 Å². The molecule has 0 unspecified atom stereocenters. The van der Waals surface area contributed by atoms with Gasteiger partial charge in [-0.1, -0.05) is 24.3 Å². The third-order valence-electron chi connectivity index (χ3n) is 4.00. The molecule has 2 heterocycles. The van der Waals surface area contributed by atoms with E-state index in [0.717, 1.165) is 15.2 Å². The monoisotopic (exact) mass is 388 g/mol. The van der Waals surface area contributed by atoms with E-state index in [-0.39, 0.29) is 11.7 Å². The molecule has 4 aromatic rings. The summed E-state index contributed by atoms with van der Waals surface area (Å²) in [4.78, 5) is 28.1. The van der Waals surface area contributed by atoms with Gasteiger partial charge in [0.1, 0.15) is 5.76 Å². The molecule has 138 valence electrons. The Balaban J connectivity index is 1.51. The Morgan fingerprint density at radius 2 is 1.93 bits per heavy atom. The number of rotatable bonds is 5. The lowest BCUT2D eigenvalue weighted by Crippen LogP contribution is -2.06. The molecule has 4 rings (SSSR count). The Hall–Kier alpha value is -3.51. The van der Waals surface area contributed by atoms with Crippen molar-refractivity contribution in [2.75, 3.05) is 5.32 Å². The molecule has 0 aliphatic heterocycles. The fourth-order valence-electron chi connectivity index (χ4n) is 2.74. The van der Waals surface area contributed by atoms with Crippen molar-refractivity contribution in [3.8, 4) is 10.8 Å². The number of benzene rings is 2. The number of fused-ring (bicyclic) bond motifs is 1. The first-order valence-corrected chi connectivity index (χ1v) is 9.46. The second kappa shape index (κ2) is 7.62. The van der Waals surface area contributed by atoms with Crippen LogP contribution in [-0.2, 0) is 4.79 Å². The Morgan fingerprint density at radius 3 is 2.75 bits per heavy atom. The van der Waals surface area contributed by atoms with Gasteiger partial charge in [-0.15, -0.1) is 11.3 Å². The summed E-state index contributed by atoms with van der Waals surface area (Å²) < 4.78 is 6.91. The van der Waals surface area contributed by atoms with Crippen molar-refractivity contribution in [3.63, 3.8) is 0 Å². The number of hydrogen-bond acceptors (Lipinski definition) is 5. The highest BCUT2D eigenvalue weighted by molar-refractivity contribution is 7.21. The Kier molecular flexibility index (Phi) is 4.87. The molecule has 0 aliphatic rings. The number of hydrogen-bond donors (Lipinski definition) is 1. The second-order valence-electron chi connectivity index (χ2n) is 6.15. The highest BCUT2D eigenvalue weighted by atomic mass is 32.1. The number of thiazole rings is 1. The zero-order valence-corrected chi connectivity index (χ0v) is 15.8. The molecule has 2 aromatic carbocycles. The summed E-state index contributed by atoms with van der Waals surface area (Å²) >= 11 is 1.56. The van der Waals surface area contributed by atoms with Gasteiger partial charge in [-0.2, -0.15) is 0 Å². The Morgan fingerprint density at radius 1 is 1.07 bits per heavy atom. The van der Waals surface area contributed by atoms with Crippen molar-refractivity contribution in [1.29, 1.82) is 0 Å². The molecule has 0 saturated heterocycles. The van der Waals surface area contributed by atoms with Crippen LogP contribution in [0.25, 0.3) is 27.1 Å². The average molecular weight is 388 g/mol. The average Bonchev–Trinajstić information content (AvgIpc) is 3.32. The van der Waals surface area contributed by atoms with Crippen LogP contribution in [0.4, 0.5) is 5.69 Å². The maximum Gasteiger partial charge on any atom is 0.221 e. The maximum atomic E-state index is 12.4. The number of carbonyl (C=O) groups is 2. The van der Waals surface area contributed by atoms with Crippen molar-refractivity contribution in [1.82, 2.24) is 4.98 Å². The highest BCUT2D eigenvalue weighted by Crippen LogP contribution is 2.31. The standard InChI is InChI=1S/C22H16N2O3S/c1-14(25)23-16-6-4-5-15(13-16)19(26)11-9-17-10-12-20(27-17)22-24-18-7-2-3-8-21(18)28-22/h2-13H,1H3,(H,23,25)/b11-9+. The topological polar surface area (TPSA) is 72.2 Å². The van der Waals surface area contributed by atoms with Crippen LogP contribution in [0.5, 0.6) is 0 Å². The largest absolute Gasteiger partial charge is 0.454 e. The van der Waals surface area contributed by atoms with Crippen molar-refractivity contribution >= 4 is 45.0 Å².